The number of carbonyl (C=O) groups is 1. The van der Waals surface area contributed by atoms with Gasteiger partial charge in [-0.25, -0.2) is 9.80 Å². The third kappa shape index (κ3) is 2.62. The zero-order chi connectivity index (χ0) is 14.0. The molecule has 0 radical (unpaired) electrons. The minimum absolute atomic E-state index is 0.0487. The van der Waals surface area contributed by atoms with Gasteiger partial charge >= 0.3 is 5.97 Å². The van der Waals surface area contributed by atoms with E-state index in [9.17, 15) is 15.0 Å². The number of carboxylic acid groups (broad SMARTS) is 1. The third-order valence-corrected chi connectivity index (χ3v) is 3.07. The minimum atomic E-state index is -1.18. The Labute approximate surface area is 115 Å². The van der Waals surface area contributed by atoms with Crippen LogP contribution in [0.15, 0.2) is 40.6 Å². The number of aliphatic hydroxyl groups is 1. The summed E-state index contributed by atoms with van der Waals surface area (Å²) in [5.74, 6) is -1.14. The van der Waals surface area contributed by atoms with E-state index in [4.69, 9.17) is 11.6 Å². The SMILES string of the molecule is CCC1=C(C(=O)O)C(O)C=NN1c1ccc(Cl)cc1. The van der Waals surface area contributed by atoms with Gasteiger partial charge in [-0.3, -0.25) is 0 Å². The van der Waals surface area contributed by atoms with Gasteiger partial charge in [-0.2, -0.15) is 5.10 Å². The van der Waals surface area contributed by atoms with Gasteiger partial charge in [0.05, 0.1) is 23.2 Å². The predicted molar refractivity (Wildman–Crippen MR) is 73.4 cm³/mol. The molecular weight excluding hydrogens is 268 g/mol. The molecular formula is C13H13ClN2O3. The Bertz CT molecular complexity index is 552. The van der Waals surface area contributed by atoms with Gasteiger partial charge in [-0.05, 0) is 30.7 Å². The highest BCUT2D eigenvalue weighted by atomic mass is 35.5. The average Bonchev–Trinajstić information content (AvgIpc) is 2.39. The van der Waals surface area contributed by atoms with E-state index in [0.717, 1.165) is 0 Å². The minimum Gasteiger partial charge on any atom is -0.478 e. The first-order valence-corrected chi connectivity index (χ1v) is 6.16. The van der Waals surface area contributed by atoms with Crippen molar-refractivity contribution >= 4 is 29.5 Å². The molecule has 0 saturated heterocycles. The number of aliphatic hydroxyl groups excluding tert-OH is 1. The highest BCUT2D eigenvalue weighted by Gasteiger charge is 2.28. The van der Waals surface area contributed by atoms with E-state index < -0.39 is 12.1 Å². The number of hydrogen-bond acceptors (Lipinski definition) is 4. The van der Waals surface area contributed by atoms with Crippen LogP contribution in [0.25, 0.3) is 0 Å². The average molecular weight is 281 g/mol. The molecule has 0 aromatic heterocycles. The van der Waals surface area contributed by atoms with Crippen LogP contribution in [0.4, 0.5) is 5.69 Å². The van der Waals surface area contributed by atoms with Gasteiger partial charge in [-0.1, -0.05) is 18.5 Å². The molecule has 0 spiro atoms. The number of aliphatic carboxylic acids is 1. The standard InChI is InChI=1S/C13H13ClN2O3/c1-2-10-12(13(18)19)11(17)7-15-16(10)9-5-3-8(14)4-6-9/h3-7,11,17H,2H2,1H3,(H,18,19). The molecule has 1 unspecified atom stereocenters. The molecule has 1 heterocycles. The lowest BCUT2D eigenvalue weighted by molar-refractivity contribution is -0.133. The quantitative estimate of drug-likeness (QED) is 0.891. The normalized spacial score (nSPS) is 18.9. The largest absolute Gasteiger partial charge is 0.478 e. The summed E-state index contributed by atoms with van der Waals surface area (Å²) in [5.41, 5.74) is 1.11. The van der Waals surface area contributed by atoms with Crippen molar-refractivity contribution in [2.45, 2.75) is 19.4 Å². The Morgan fingerprint density at radius 2 is 2.05 bits per heavy atom. The molecule has 0 fully saturated rings. The number of hydrogen-bond donors (Lipinski definition) is 2. The highest BCUT2D eigenvalue weighted by molar-refractivity contribution is 6.30. The van der Waals surface area contributed by atoms with Crippen molar-refractivity contribution < 1.29 is 15.0 Å². The second-order valence-electron chi connectivity index (χ2n) is 4.02. The van der Waals surface area contributed by atoms with E-state index >= 15 is 0 Å². The Balaban J connectivity index is 2.48. The lowest BCUT2D eigenvalue weighted by atomic mass is 10.0. The maximum absolute atomic E-state index is 11.2. The van der Waals surface area contributed by atoms with Gasteiger partial charge in [0.15, 0.2) is 0 Å². The van der Waals surface area contributed by atoms with Crippen molar-refractivity contribution in [3.05, 3.63) is 40.6 Å². The topological polar surface area (TPSA) is 73.1 Å². The van der Waals surface area contributed by atoms with Crippen LogP contribution in [-0.4, -0.2) is 28.5 Å². The lowest BCUT2D eigenvalue weighted by Crippen LogP contribution is -2.32. The van der Waals surface area contributed by atoms with Crippen molar-refractivity contribution in [1.82, 2.24) is 0 Å². The molecule has 0 saturated carbocycles. The number of nitrogens with zero attached hydrogens (tertiary/aromatic N) is 2. The van der Waals surface area contributed by atoms with Crippen LogP contribution in [0.5, 0.6) is 0 Å². The molecule has 1 aromatic rings. The fourth-order valence-corrected chi connectivity index (χ4v) is 2.08. The highest BCUT2D eigenvalue weighted by Crippen LogP contribution is 2.28. The van der Waals surface area contributed by atoms with E-state index in [1.807, 2.05) is 6.92 Å². The molecule has 5 nitrogen and oxygen atoms in total. The molecule has 2 N–H and O–H groups in total. The van der Waals surface area contributed by atoms with Crippen molar-refractivity contribution in [3.8, 4) is 0 Å². The fourth-order valence-electron chi connectivity index (χ4n) is 1.95. The summed E-state index contributed by atoms with van der Waals surface area (Å²) in [5, 5.41) is 25.1. The molecule has 2 rings (SSSR count). The molecule has 0 bridgehead atoms. The van der Waals surface area contributed by atoms with Crippen LogP contribution in [0.1, 0.15) is 13.3 Å². The summed E-state index contributed by atoms with van der Waals surface area (Å²) in [6.07, 6.45) is 0.464. The molecule has 100 valence electrons. The fraction of sp³-hybridized carbons (Fsp3) is 0.231. The van der Waals surface area contributed by atoms with Crippen molar-refractivity contribution in [2.75, 3.05) is 5.01 Å². The van der Waals surface area contributed by atoms with Crippen LogP contribution in [-0.2, 0) is 4.79 Å². The van der Waals surface area contributed by atoms with Gasteiger partial charge in [0, 0.05) is 5.02 Å². The van der Waals surface area contributed by atoms with E-state index in [1.54, 1.807) is 24.3 Å². The summed E-state index contributed by atoms with van der Waals surface area (Å²) in [7, 11) is 0. The molecule has 0 amide bonds. The Morgan fingerprint density at radius 1 is 1.42 bits per heavy atom. The molecule has 0 aliphatic carbocycles. The summed E-state index contributed by atoms with van der Waals surface area (Å²) in [6, 6.07) is 6.88. The lowest BCUT2D eigenvalue weighted by Gasteiger charge is -2.28. The second-order valence-corrected chi connectivity index (χ2v) is 4.45. The maximum Gasteiger partial charge on any atom is 0.336 e. The number of anilines is 1. The van der Waals surface area contributed by atoms with E-state index in [0.29, 0.717) is 22.8 Å². The van der Waals surface area contributed by atoms with Crippen molar-refractivity contribution in [3.63, 3.8) is 0 Å². The first kappa shape index (κ1) is 13.6. The number of hydrazone groups is 1. The van der Waals surface area contributed by atoms with Crippen LogP contribution < -0.4 is 5.01 Å². The molecule has 1 aromatic carbocycles. The van der Waals surface area contributed by atoms with Gasteiger partial charge in [0.25, 0.3) is 0 Å². The second kappa shape index (κ2) is 5.42. The third-order valence-electron chi connectivity index (χ3n) is 2.82. The Kier molecular flexibility index (Phi) is 3.87. The summed E-state index contributed by atoms with van der Waals surface area (Å²) >= 11 is 5.82. The first-order valence-electron chi connectivity index (χ1n) is 5.78. The maximum atomic E-state index is 11.2. The van der Waals surface area contributed by atoms with Crippen LogP contribution in [0, 0.1) is 0 Å². The zero-order valence-corrected chi connectivity index (χ0v) is 11.0. The van der Waals surface area contributed by atoms with Crippen molar-refractivity contribution in [2.24, 2.45) is 5.10 Å². The number of allylic oxidation sites excluding steroid dienone is 1. The van der Waals surface area contributed by atoms with Crippen LogP contribution >= 0.6 is 11.6 Å². The summed E-state index contributed by atoms with van der Waals surface area (Å²) in [6.45, 7) is 1.81. The smallest absolute Gasteiger partial charge is 0.336 e. The first-order chi connectivity index (χ1) is 9.04. The molecule has 1 aliphatic rings. The summed E-state index contributed by atoms with van der Waals surface area (Å²) in [4.78, 5) is 11.2. The van der Waals surface area contributed by atoms with Gasteiger partial charge in [-0.15, -0.1) is 0 Å². The van der Waals surface area contributed by atoms with Gasteiger partial charge in [0.2, 0.25) is 0 Å². The molecule has 1 atom stereocenters. The summed E-state index contributed by atoms with van der Waals surface area (Å²) < 4.78 is 0. The number of carboxylic acids is 1. The van der Waals surface area contributed by atoms with E-state index in [2.05, 4.69) is 5.10 Å². The predicted octanol–water partition coefficient (Wildman–Crippen LogP) is 2.26. The monoisotopic (exact) mass is 280 g/mol. The van der Waals surface area contributed by atoms with Crippen LogP contribution in [0.2, 0.25) is 5.02 Å². The number of benzene rings is 1. The number of halogens is 1. The number of rotatable bonds is 3. The van der Waals surface area contributed by atoms with E-state index in [1.165, 1.54) is 11.2 Å². The molecule has 6 heteroatoms. The van der Waals surface area contributed by atoms with Crippen molar-refractivity contribution in [1.29, 1.82) is 0 Å². The van der Waals surface area contributed by atoms with Gasteiger partial charge < -0.3 is 10.2 Å². The Hall–Kier alpha value is -1.85. The molecule has 19 heavy (non-hydrogen) atoms. The van der Waals surface area contributed by atoms with Crippen LogP contribution in [0.3, 0.4) is 0 Å². The zero-order valence-electron chi connectivity index (χ0n) is 10.2. The van der Waals surface area contributed by atoms with E-state index in [-0.39, 0.29) is 5.57 Å². The molecule has 1 aliphatic heterocycles. The Morgan fingerprint density at radius 3 is 2.58 bits per heavy atom. The van der Waals surface area contributed by atoms with Gasteiger partial charge in [0.1, 0.15) is 6.10 Å².